The summed E-state index contributed by atoms with van der Waals surface area (Å²) < 4.78 is 0. The number of carboxylic acid groups (broad SMARTS) is 1. The van der Waals surface area contributed by atoms with Crippen molar-refractivity contribution >= 4 is 11.7 Å². The molecule has 0 amide bonds. The van der Waals surface area contributed by atoms with E-state index in [0.717, 1.165) is 17.8 Å². The molecule has 4 nitrogen and oxygen atoms in total. The van der Waals surface area contributed by atoms with Gasteiger partial charge in [0, 0.05) is 12.2 Å². The van der Waals surface area contributed by atoms with Crippen LogP contribution in [0, 0.1) is 0 Å². The first-order valence-corrected chi connectivity index (χ1v) is 4.94. The van der Waals surface area contributed by atoms with Crippen molar-refractivity contribution < 1.29 is 9.90 Å². The first kappa shape index (κ1) is 11.5. The van der Waals surface area contributed by atoms with E-state index in [0.29, 0.717) is 6.42 Å². The summed E-state index contributed by atoms with van der Waals surface area (Å²) in [5.74, 6) is -0.969. The van der Waals surface area contributed by atoms with Gasteiger partial charge in [0.25, 0.3) is 0 Å². The maximum absolute atomic E-state index is 10.6. The average molecular weight is 208 g/mol. The third-order valence-corrected chi connectivity index (χ3v) is 2.08. The summed E-state index contributed by atoms with van der Waals surface area (Å²) in [6.07, 6.45) is 0.356. The highest BCUT2D eigenvalue weighted by Crippen LogP contribution is 2.11. The highest BCUT2D eigenvalue weighted by atomic mass is 16.4. The molecule has 0 radical (unpaired) electrons. The molecule has 1 aromatic carbocycles. The van der Waals surface area contributed by atoms with E-state index in [2.05, 4.69) is 5.32 Å². The molecule has 0 unspecified atom stereocenters. The van der Waals surface area contributed by atoms with E-state index in [1.54, 1.807) is 0 Å². The molecule has 1 rings (SSSR count). The molecule has 0 bridgehead atoms. The lowest BCUT2D eigenvalue weighted by Gasteiger charge is -2.08. The van der Waals surface area contributed by atoms with Crippen LogP contribution in [0.5, 0.6) is 0 Å². The fourth-order valence-corrected chi connectivity index (χ4v) is 1.35. The Hall–Kier alpha value is -1.55. The Balaban J connectivity index is 2.68. The molecule has 0 aliphatic carbocycles. The summed E-state index contributed by atoms with van der Waals surface area (Å²) in [6.45, 7) is 2.85. The highest BCUT2D eigenvalue weighted by Gasteiger charge is 2.11. The molecule has 0 aromatic heterocycles. The van der Waals surface area contributed by atoms with Gasteiger partial charge >= 0.3 is 5.97 Å². The summed E-state index contributed by atoms with van der Waals surface area (Å²) in [4.78, 5) is 10.6. The maximum atomic E-state index is 10.6. The predicted octanol–water partition coefficient (Wildman–Crippen LogP) is 1.07. The minimum atomic E-state index is -0.969. The van der Waals surface area contributed by atoms with Crippen molar-refractivity contribution in [3.63, 3.8) is 0 Å². The Kier molecular flexibility index (Phi) is 4.12. The summed E-state index contributed by atoms with van der Waals surface area (Å²) >= 11 is 0. The Labute approximate surface area is 89.1 Å². The van der Waals surface area contributed by atoms with E-state index in [4.69, 9.17) is 10.8 Å². The second-order valence-corrected chi connectivity index (χ2v) is 3.38. The van der Waals surface area contributed by atoms with Gasteiger partial charge in [-0.2, -0.15) is 0 Å². The smallest absolute Gasteiger partial charge is 0.320 e. The predicted molar refractivity (Wildman–Crippen MR) is 59.9 cm³/mol. The molecule has 0 saturated heterocycles. The summed E-state index contributed by atoms with van der Waals surface area (Å²) in [5, 5.41) is 11.8. The van der Waals surface area contributed by atoms with Crippen LogP contribution in [0.2, 0.25) is 0 Å². The molecule has 1 aromatic rings. The van der Waals surface area contributed by atoms with Gasteiger partial charge in [-0.3, -0.25) is 4.79 Å². The number of nitrogens with two attached hydrogens (primary N) is 1. The lowest BCUT2D eigenvalue weighted by atomic mass is 10.1. The lowest BCUT2D eigenvalue weighted by Crippen LogP contribution is -2.32. The first-order valence-electron chi connectivity index (χ1n) is 4.94. The van der Waals surface area contributed by atoms with Crippen LogP contribution >= 0.6 is 0 Å². The van der Waals surface area contributed by atoms with Crippen LogP contribution in [0.3, 0.4) is 0 Å². The number of anilines is 1. The van der Waals surface area contributed by atoms with Crippen LogP contribution in [-0.2, 0) is 11.2 Å². The standard InChI is InChI=1S/C11H16N2O2/c1-2-13-9-5-3-4-8(6-9)7-10(12)11(14)15/h3-6,10,13H,2,7,12H2,1H3,(H,14,15)/t10-/m1/s1. The molecule has 0 fully saturated rings. The van der Waals surface area contributed by atoms with E-state index in [1.807, 2.05) is 31.2 Å². The quantitative estimate of drug-likeness (QED) is 0.676. The van der Waals surface area contributed by atoms with Gasteiger partial charge in [0.2, 0.25) is 0 Å². The Morgan fingerprint density at radius 2 is 2.33 bits per heavy atom. The number of aliphatic carboxylic acids is 1. The highest BCUT2D eigenvalue weighted by molar-refractivity contribution is 5.73. The van der Waals surface area contributed by atoms with Gasteiger partial charge in [-0.05, 0) is 31.0 Å². The van der Waals surface area contributed by atoms with Crippen LogP contribution < -0.4 is 11.1 Å². The van der Waals surface area contributed by atoms with Crippen molar-refractivity contribution in [2.45, 2.75) is 19.4 Å². The van der Waals surface area contributed by atoms with Crippen molar-refractivity contribution in [3.8, 4) is 0 Å². The van der Waals surface area contributed by atoms with Gasteiger partial charge in [0.1, 0.15) is 6.04 Å². The van der Waals surface area contributed by atoms with E-state index < -0.39 is 12.0 Å². The molecule has 15 heavy (non-hydrogen) atoms. The van der Waals surface area contributed by atoms with Gasteiger partial charge in [-0.25, -0.2) is 0 Å². The van der Waals surface area contributed by atoms with E-state index in [9.17, 15) is 4.79 Å². The van der Waals surface area contributed by atoms with Crippen LogP contribution in [0.15, 0.2) is 24.3 Å². The van der Waals surface area contributed by atoms with Gasteiger partial charge in [0.15, 0.2) is 0 Å². The third-order valence-electron chi connectivity index (χ3n) is 2.08. The monoisotopic (exact) mass is 208 g/mol. The molecule has 0 aliphatic rings. The lowest BCUT2D eigenvalue weighted by molar-refractivity contribution is -0.138. The molecular formula is C11H16N2O2. The molecule has 4 N–H and O–H groups in total. The SMILES string of the molecule is CCNc1cccc(C[C@@H](N)C(=O)O)c1. The minimum Gasteiger partial charge on any atom is -0.480 e. The zero-order chi connectivity index (χ0) is 11.3. The van der Waals surface area contributed by atoms with Crippen molar-refractivity contribution in [1.29, 1.82) is 0 Å². The average Bonchev–Trinajstić information content (AvgIpc) is 2.18. The number of nitrogens with one attached hydrogen (secondary N) is 1. The molecule has 82 valence electrons. The van der Waals surface area contributed by atoms with E-state index in [-0.39, 0.29) is 0 Å². The second-order valence-electron chi connectivity index (χ2n) is 3.38. The minimum absolute atomic E-state index is 0.356. The first-order chi connectivity index (χ1) is 7.13. The van der Waals surface area contributed by atoms with Crippen LogP contribution in [0.1, 0.15) is 12.5 Å². The summed E-state index contributed by atoms with van der Waals surface area (Å²) in [6, 6.07) is 6.80. The van der Waals surface area contributed by atoms with Crippen molar-refractivity contribution in [2.75, 3.05) is 11.9 Å². The van der Waals surface area contributed by atoms with Crippen LogP contribution in [-0.4, -0.2) is 23.7 Å². The zero-order valence-corrected chi connectivity index (χ0v) is 8.73. The van der Waals surface area contributed by atoms with Crippen molar-refractivity contribution in [2.24, 2.45) is 5.73 Å². The Morgan fingerprint density at radius 1 is 1.60 bits per heavy atom. The number of hydrogen-bond acceptors (Lipinski definition) is 3. The van der Waals surface area contributed by atoms with Gasteiger partial charge in [-0.1, -0.05) is 12.1 Å². The van der Waals surface area contributed by atoms with Crippen molar-refractivity contribution in [1.82, 2.24) is 0 Å². The number of carboxylic acids is 1. The largest absolute Gasteiger partial charge is 0.480 e. The molecular weight excluding hydrogens is 192 g/mol. The summed E-state index contributed by atoms with van der Waals surface area (Å²) in [5.41, 5.74) is 7.38. The van der Waals surface area contributed by atoms with Crippen LogP contribution in [0.25, 0.3) is 0 Å². The zero-order valence-electron chi connectivity index (χ0n) is 8.73. The fraction of sp³-hybridized carbons (Fsp3) is 0.364. The number of benzene rings is 1. The van der Waals surface area contributed by atoms with Gasteiger partial charge < -0.3 is 16.2 Å². The van der Waals surface area contributed by atoms with Gasteiger partial charge in [-0.15, -0.1) is 0 Å². The van der Waals surface area contributed by atoms with E-state index >= 15 is 0 Å². The number of carbonyl (C=O) groups is 1. The molecule has 1 atom stereocenters. The topological polar surface area (TPSA) is 75.3 Å². The maximum Gasteiger partial charge on any atom is 0.320 e. The Morgan fingerprint density at radius 3 is 2.93 bits per heavy atom. The fourth-order valence-electron chi connectivity index (χ4n) is 1.35. The van der Waals surface area contributed by atoms with Gasteiger partial charge in [0.05, 0.1) is 0 Å². The second kappa shape index (κ2) is 5.36. The number of hydrogen-bond donors (Lipinski definition) is 3. The number of rotatable bonds is 5. The van der Waals surface area contributed by atoms with E-state index in [1.165, 1.54) is 0 Å². The normalized spacial score (nSPS) is 12.1. The van der Waals surface area contributed by atoms with Crippen LogP contribution in [0.4, 0.5) is 5.69 Å². The molecule has 0 aliphatic heterocycles. The Bertz CT molecular complexity index is 339. The molecule has 0 heterocycles. The molecule has 0 saturated carbocycles. The molecule has 0 spiro atoms. The molecule has 4 heteroatoms. The summed E-state index contributed by atoms with van der Waals surface area (Å²) in [7, 11) is 0. The van der Waals surface area contributed by atoms with Crippen molar-refractivity contribution in [3.05, 3.63) is 29.8 Å². The third kappa shape index (κ3) is 3.59.